The third-order valence-electron chi connectivity index (χ3n) is 3.63. The van der Waals surface area contributed by atoms with E-state index in [-0.39, 0.29) is 18.5 Å². The molecule has 0 radical (unpaired) electrons. The summed E-state index contributed by atoms with van der Waals surface area (Å²) in [5, 5.41) is 15.3. The Balaban J connectivity index is 2.39. The fourth-order valence-electron chi connectivity index (χ4n) is 1.93. The van der Waals surface area contributed by atoms with Crippen molar-refractivity contribution in [3.05, 3.63) is 35.4 Å². The molecule has 1 aromatic carbocycles. The minimum Gasteiger partial charge on any atom is -0.391 e. The van der Waals surface area contributed by atoms with E-state index in [0.29, 0.717) is 13.2 Å². The first-order valence-corrected chi connectivity index (χ1v) is 7.34. The van der Waals surface area contributed by atoms with Crippen LogP contribution in [-0.2, 0) is 17.9 Å². The predicted octanol–water partition coefficient (Wildman–Crippen LogP) is 2.04. The molecule has 5 nitrogen and oxygen atoms in total. The van der Waals surface area contributed by atoms with Crippen molar-refractivity contribution in [3.63, 3.8) is 0 Å². The van der Waals surface area contributed by atoms with Crippen LogP contribution in [-0.4, -0.2) is 30.9 Å². The molecule has 0 aliphatic carbocycles. The van der Waals surface area contributed by atoms with Crippen LogP contribution in [0.15, 0.2) is 24.3 Å². The van der Waals surface area contributed by atoms with Gasteiger partial charge >= 0.3 is 6.03 Å². The Labute approximate surface area is 126 Å². The van der Waals surface area contributed by atoms with Crippen molar-refractivity contribution < 1.29 is 14.6 Å². The monoisotopic (exact) mass is 294 g/mol. The van der Waals surface area contributed by atoms with E-state index < -0.39 is 6.10 Å². The summed E-state index contributed by atoms with van der Waals surface area (Å²) in [7, 11) is 1.65. The highest BCUT2D eigenvalue weighted by Crippen LogP contribution is 2.09. The zero-order valence-corrected chi connectivity index (χ0v) is 13.1. The zero-order chi connectivity index (χ0) is 15.7. The number of nitrogens with one attached hydrogen (secondary N) is 2. The maximum atomic E-state index is 11.7. The third-order valence-corrected chi connectivity index (χ3v) is 3.63. The van der Waals surface area contributed by atoms with E-state index in [2.05, 4.69) is 10.6 Å². The van der Waals surface area contributed by atoms with Crippen molar-refractivity contribution in [2.45, 2.75) is 39.5 Å². The van der Waals surface area contributed by atoms with E-state index in [1.54, 1.807) is 7.11 Å². The SMILES string of the molecule is CCC(C)C(O)CNC(=O)NCc1ccccc1COC. The number of benzene rings is 1. The van der Waals surface area contributed by atoms with Gasteiger partial charge < -0.3 is 20.5 Å². The van der Waals surface area contributed by atoms with Gasteiger partial charge in [0.05, 0.1) is 12.7 Å². The van der Waals surface area contributed by atoms with Crippen LogP contribution in [0.5, 0.6) is 0 Å². The van der Waals surface area contributed by atoms with E-state index >= 15 is 0 Å². The Morgan fingerprint density at radius 1 is 1.29 bits per heavy atom. The number of ether oxygens (including phenoxy) is 1. The number of carbonyl (C=O) groups is 1. The summed E-state index contributed by atoms with van der Waals surface area (Å²) in [6, 6.07) is 7.54. The molecule has 1 aromatic rings. The van der Waals surface area contributed by atoms with Crippen LogP contribution in [0.2, 0.25) is 0 Å². The minimum absolute atomic E-state index is 0.174. The molecule has 2 atom stereocenters. The summed E-state index contributed by atoms with van der Waals surface area (Å²) in [6.07, 6.45) is 0.371. The summed E-state index contributed by atoms with van der Waals surface area (Å²) >= 11 is 0. The molecule has 0 spiro atoms. The van der Waals surface area contributed by atoms with E-state index in [1.165, 1.54) is 0 Å². The van der Waals surface area contributed by atoms with Gasteiger partial charge in [-0.25, -0.2) is 4.79 Å². The molecule has 0 saturated heterocycles. The summed E-state index contributed by atoms with van der Waals surface area (Å²) in [6.45, 7) is 5.20. The number of methoxy groups -OCH3 is 1. The van der Waals surface area contributed by atoms with Gasteiger partial charge in [0.2, 0.25) is 0 Å². The van der Waals surface area contributed by atoms with Crippen LogP contribution in [0.25, 0.3) is 0 Å². The van der Waals surface area contributed by atoms with Crippen molar-refractivity contribution in [1.29, 1.82) is 0 Å². The molecule has 0 heterocycles. The van der Waals surface area contributed by atoms with Crippen molar-refractivity contribution in [2.24, 2.45) is 5.92 Å². The second kappa shape index (κ2) is 9.37. The maximum Gasteiger partial charge on any atom is 0.315 e. The maximum absolute atomic E-state index is 11.7. The molecule has 1 rings (SSSR count). The Bertz CT molecular complexity index is 437. The largest absolute Gasteiger partial charge is 0.391 e. The Morgan fingerprint density at radius 2 is 1.95 bits per heavy atom. The number of aliphatic hydroxyl groups is 1. The Morgan fingerprint density at radius 3 is 2.57 bits per heavy atom. The van der Waals surface area contributed by atoms with Crippen molar-refractivity contribution >= 4 is 6.03 Å². The van der Waals surface area contributed by atoms with Gasteiger partial charge in [0, 0.05) is 20.2 Å². The van der Waals surface area contributed by atoms with Crippen LogP contribution >= 0.6 is 0 Å². The third kappa shape index (κ3) is 6.14. The summed E-state index contributed by atoms with van der Waals surface area (Å²) < 4.78 is 5.13. The van der Waals surface area contributed by atoms with Gasteiger partial charge in [-0.1, -0.05) is 44.5 Å². The molecule has 0 aromatic heterocycles. The average Bonchev–Trinajstić information content (AvgIpc) is 2.51. The number of carbonyl (C=O) groups excluding carboxylic acids is 1. The number of urea groups is 1. The van der Waals surface area contributed by atoms with Gasteiger partial charge in [-0.3, -0.25) is 0 Å². The molecule has 0 saturated carbocycles. The van der Waals surface area contributed by atoms with Crippen molar-refractivity contribution in [1.82, 2.24) is 10.6 Å². The molecule has 0 aliphatic heterocycles. The van der Waals surface area contributed by atoms with Gasteiger partial charge in [-0.05, 0) is 17.0 Å². The molecule has 2 amide bonds. The number of aliphatic hydroxyl groups excluding tert-OH is 1. The highest BCUT2D eigenvalue weighted by molar-refractivity contribution is 5.73. The van der Waals surface area contributed by atoms with Gasteiger partial charge in [0.1, 0.15) is 0 Å². The van der Waals surface area contributed by atoms with E-state index in [1.807, 2.05) is 38.1 Å². The smallest absolute Gasteiger partial charge is 0.315 e. The molecule has 5 heteroatoms. The topological polar surface area (TPSA) is 70.6 Å². The van der Waals surface area contributed by atoms with Gasteiger partial charge in [0.15, 0.2) is 0 Å². The molecular formula is C16H26N2O3. The lowest BCUT2D eigenvalue weighted by atomic mass is 10.0. The Hall–Kier alpha value is -1.59. The average molecular weight is 294 g/mol. The molecule has 2 unspecified atom stereocenters. The molecule has 3 N–H and O–H groups in total. The normalized spacial score (nSPS) is 13.5. The lowest BCUT2D eigenvalue weighted by Gasteiger charge is -2.18. The second-order valence-corrected chi connectivity index (χ2v) is 5.22. The van der Waals surface area contributed by atoms with Crippen LogP contribution < -0.4 is 10.6 Å². The first-order valence-electron chi connectivity index (χ1n) is 7.34. The highest BCUT2D eigenvalue weighted by atomic mass is 16.5. The van der Waals surface area contributed by atoms with Crippen LogP contribution in [0.3, 0.4) is 0 Å². The number of hydrogen-bond acceptors (Lipinski definition) is 3. The van der Waals surface area contributed by atoms with Gasteiger partial charge in [-0.2, -0.15) is 0 Å². The quantitative estimate of drug-likeness (QED) is 0.687. The van der Waals surface area contributed by atoms with Gasteiger partial charge in [0.25, 0.3) is 0 Å². The fraction of sp³-hybridized carbons (Fsp3) is 0.562. The lowest BCUT2D eigenvalue weighted by molar-refractivity contribution is 0.114. The zero-order valence-electron chi connectivity index (χ0n) is 13.1. The van der Waals surface area contributed by atoms with Crippen molar-refractivity contribution in [3.8, 4) is 0 Å². The second-order valence-electron chi connectivity index (χ2n) is 5.22. The van der Waals surface area contributed by atoms with E-state index in [9.17, 15) is 9.90 Å². The van der Waals surface area contributed by atoms with E-state index in [0.717, 1.165) is 17.5 Å². The first-order chi connectivity index (χ1) is 10.1. The number of rotatable bonds is 8. The van der Waals surface area contributed by atoms with Gasteiger partial charge in [-0.15, -0.1) is 0 Å². The summed E-state index contributed by atoms with van der Waals surface area (Å²) in [5.74, 6) is 0.174. The van der Waals surface area contributed by atoms with Crippen molar-refractivity contribution in [2.75, 3.05) is 13.7 Å². The molecule has 0 aliphatic rings. The number of amides is 2. The summed E-state index contributed by atoms with van der Waals surface area (Å²) in [5.41, 5.74) is 2.08. The van der Waals surface area contributed by atoms with E-state index in [4.69, 9.17) is 4.74 Å². The van der Waals surface area contributed by atoms with Crippen LogP contribution in [0.1, 0.15) is 31.4 Å². The summed E-state index contributed by atoms with van der Waals surface area (Å²) in [4.78, 5) is 11.7. The highest BCUT2D eigenvalue weighted by Gasteiger charge is 2.13. The number of hydrogen-bond donors (Lipinski definition) is 3. The molecular weight excluding hydrogens is 268 g/mol. The standard InChI is InChI=1S/C16H26N2O3/c1-4-12(2)15(19)10-18-16(20)17-9-13-7-5-6-8-14(13)11-21-3/h5-8,12,15,19H,4,9-11H2,1-3H3,(H2,17,18,20). The Kier molecular flexibility index (Phi) is 7.79. The lowest BCUT2D eigenvalue weighted by Crippen LogP contribution is -2.41. The minimum atomic E-state index is -0.512. The molecule has 118 valence electrons. The molecule has 0 fully saturated rings. The predicted molar refractivity (Wildman–Crippen MR) is 82.9 cm³/mol. The first kappa shape index (κ1) is 17.5. The van der Waals surface area contributed by atoms with Crippen LogP contribution in [0, 0.1) is 5.92 Å². The van der Waals surface area contributed by atoms with Crippen LogP contribution in [0.4, 0.5) is 4.79 Å². The molecule has 0 bridgehead atoms. The fourth-order valence-corrected chi connectivity index (χ4v) is 1.93. The molecule has 21 heavy (non-hydrogen) atoms.